The van der Waals surface area contributed by atoms with E-state index < -0.39 is 0 Å². The van der Waals surface area contributed by atoms with Crippen molar-refractivity contribution in [3.63, 3.8) is 0 Å². The van der Waals surface area contributed by atoms with Gasteiger partial charge < -0.3 is 14.4 Å². The van der Waals surface area contributed by atoms with Crippen LogP contribution in [0.3, 0.4) is 0 Å². The van der Waals surface area contributed by atoms with Gasteiger partial charge in [-0.3, -0.25) is 4.79 Å². The largest absolute Gasteiger partial charge is 0.469 e. The highest BCUT2D eigenvalue weighted by Crippen LogP contribution is 2.20. The maximum Gasteiger partial charge on any atom is 0.257 e. The lowest BCUT2D eigenvalue weighted by molar-refractivity contribution is 0.0677. The number of hydrogen-bond donors (Lipinski definition) is 1. The van der Waals surface area contributed by atoms with E-state index in [0.29, 0.717) is 5.56 Å². The first-order valence-corrected chi connectivity index (χ1v) is 5.19. The fraction of sp³-hybridized carbons (Fsp3) is 0.545. The van der Waals surface area contributed by atoms with Gasteiger partial charge in [-0.2, -0.15) is 0 Å². The number of carbonyl (C=O) groups excluding carboxylic acids is 1. The van der Waals surface area contributed by atoms with Crippen molar-refractivity contribution in [2.75, 3.05) is 13.2 Å². The van der Waals surface area contributed by atoms with Gasteiger partial charge in [-0.1, -0.05) is 0 Å². The molecule has 1 saturated heterocycles. The van der Waals surface area contributed by atoms with Gasteiger partial charge in [0.1, 0.15) is 12.0 Å². The molecule has 1 aromatic heterocycles. The Morgan fingerprint density at radius 3 is 3.13 bits per heavy atom. The van der Waals surface area contributed by atoms with Crippen LogP contribution in [-0.2, 0) is 0 Å². The zero-order valence-electron chi connectivity index (χ0n) is 8.77. The molecule has 2 rings (SSSR count). The third-order valence-electron chi connectivity index (χ3n) is 2.83. The summed E-state index contributed by atoms with van der Waals surface area (Å²) in [6.45, 7) is 2.58. The lowest BCUT2D eigenvalue weighted by Crippen LogP contribution is -2.37. The average Bonchev–Trinajstić information content (AvgIpc) is 2.84. The van der Waals surface area contributed by atoms with Crippen LogP contribution in [0.1, 0.15) is 29.0 Å². The van der Waals surface area contributed by atoms with Crippen molar-refractivity contribution in [3.8, 4) is 0 Å². The number of amides is 1. The third-order valence-corrected chi connectivity index (χ3v) is 2.83. The van der Waals surface area contributed by atoms with E-state index in [1.54, 1.807) is 11.0 Å². The summed E-state index contributed by atoms with van der Waals surface area (Å²) in [6, 6.07) is 1.71. The first kappa shape index (κ1) is 10.2. The molecule has 0 radical (unpaired) electrons. The van der Waals surface area contributed by atoms with E-state index in [4.69, 9.17) is 9.52 Å². The molecule has 1 aliphatic heterocycles. The Bertz CT molecular complexity index is 358. The fourth-order valence-corrected chi connectivity index (χ4v) is 2.01. The van der Waals surface area contributed by atoms with Gasteiger partial charge in [0.2, 0.25) is 0 Å². The topological polar surface area (TPSA) is 53.7 Å². The van der Waals surface area contributed by atoms with Crippen molar-refractivity contribution in [2.45, 2.75) is 25.8 Å². The van der Waals surface area contributed by atoms with E-state index in [1.807, 2.05) is 6.92 Å². The maximum atomic E-state index is 12.0. The van der Waals surface area contributed by atoms with Crippen LogP contribution < -0.4 is 0 Å². The Morgan fingerprint density at radius 1 is 1.73 bits per heavy atom. The second-order valence-electron chi connectivity index (χ2n) is 3.92. The Hall–Kier alpha value is -1.29. The molecule has 0 unspecified atom stereocenters. The summed E-state index contributed by atoms with van der Waals surface area (Å²) in [5.74, 6) is 0.696. The SMILES string of the molecule is Cc1cc(C(=O)N2CCC[C@H]2CO)co1. The summed E-state index contributed by atoms with van der Waals surface area (Å²) in [5, 5.41) is 9.12. The van der Waals surface area contributed by atoms with Crippen LogP contribution in [0.2, 0.25) is 0 Å². The number of rotatable bonds is 2. The predicted molar refractivity (Wildman–Crippen MR) is 54.6 cm³/mol. The van der Waals surface area contributed by atoms with E-state index in [2.05, 4.69) is 0 Å². The number of likely N-dealkylation sites (tertiary alicyclic amines) is 1. The number of aliphatic hydroxyl groups excluding tert-OH is 1. The summed E-state index contributed by atoms with van der Waals surface area (Å²) >= 11 is 0. The molecule has 2 heterocycles. The number of carbonyl (C=O) groups is 1. The molecule has 82 valence electrons. The molecule has 0 saturated carbocycles. The lowest BCUT2D eigenvalue weighted by Gasteiger charge is -2.22. The van der Waals surface area contributed by atoms with Gasteiger partial charge in [-0.25, -0.2) is 0 Å². The van der Waals surface area contributed by atoms with Crippen LogP contribution >= 0.6 is 0 Å². The number of nitrogens with zero attached hydrogens (tertiary/aromatic N) is 1. The highest BCUT2D eigenvalue weighted by atomic mass is 16.3. The molecule has 1 aliphatic rings. The van der Waals surface area contributed by atoms with Crippen molar-refractivity contribution in [2.24, 2.45) is 0 Å². The zero-order chi connectivity index (χ0) is 10.8. The quantitative estimate of drug-likeness (QED) is 0.795. The summed E-state index contributed by atoms with van der Waals surface area (Å²) in [5.41, 5.74) is 0.577. The van der Waals surface area contributed by atoms with Gasteiger partial charge in [0.25, 0.3) is 5.91 Å². The van der Waals surface area contributed by atoms with Crippen LogP contribution in [0.5, 0.6) is 0 Å². The molecule has 4 heteroatoms. The number of furan rings is 1. The van der Waals surface area contributed by atoms with Gasteiger partial charge in [-0.15, -0.1) is 0 Å². The van der Waals surface area contributed by atoms with Crippen molar-refractivity contribution >= 4 is 5.91 Å². The van der Waals surface area contributed by atoms with Crippen LogP contribution in [0.15, 0.2) is 16.7 Å². The molecule has 1 aromatic rings. The molecule has 0 aliphatic carbocycles. The highest BCUT2D eigenvalue weighted by molar-refractivity contribution is 5.94. The summed E-state index contributed by atoms with van der Waals surface area (Å²) in [4.78, 5) is 13.7. The molecule has 1 atom stereocenters. The fourth-order valence-electron chi connectivity index (χ4n) is 2.01. The van der Waals surface area contributed by atoms with Crippen LogP contribution in [0, 0.1) is 6.92 Å². The second-order valence-corrected chi connectivity index (χ2v) is 3.92. The Morgan fingerprint density at radius 2 is 2.53 bits per heavy atom. The van der Waals surface area contributed by atoms with Crippen molar-refractivity contribution in [1.29, 1.82) is 0 Å². The van der Waals surface area contributed by atoms with Gasteiger partial charge in [0.05, 0.1) is 18.2 Å². The zero-order valence-corrected chi connectivity index (χ0v) is 8.77. The van der Waals surface area contributed by atoms with Crippen molar-refractivity contribution < 1.29 is 14.3 Å². The normalized spacial score (nSPS) is 20.9. The van der Waals surface area contributed by atoms with Crippen LogP contribution in [-0.4, -0.2) is 35.1 Å². The molecular formula is C11H15NO3. The van der Waals surface area contributed by atoms with Gasteiger partial charge >= 0.3 is 0 Å². The monoisotopic (exact) mass is 209 g/mol. The van der Waals surface area contributed by atoms with Crippen LogP contribution in [0.4, 0.5) is 0 Å². The summed E-state index contributed by atoms with van der Waals surface area (Å²) in [6.07, 6.45) is 3.33. The molecule has 1 amide bonds. The van der Waals surface area contributed by atoms with Crippen molar-refractivity contribution in [1.82, 2.24) is 4.90 Å². The maximum absolute atomic E-state index is 12.0. The van der Waals surface area contributed by atoms with E-state index in [0.717, 1.165) is 25.1 Å². The molecule has 1 N–H and O–H groups in total. The van der Waals surface area contributed by atoms with E-state index in [1.165, 1.54) is 6.26 Å². The predicted octanol–water partition coefficient (Wildman–Crippen LogP) is 1.18. The molecule has 15 heavy (non-hydrogen) atoms. The molecular weight excluding hydrogens is 194 g/mol. The van der Waals surface area contributed by atoms with E-state index in [-0.39, 0.29) is 18.6 Å². The third kappa shape index (κ3) is 1.90. The minimum atomic E-state index is -0.0385. The number of aryl methyl sites for hydroxylation is 1. The number of aliphatic hydroxyl groups is 1. The average molecular weight is 209 g/mol. The van der Waals surface area contributed by atoms with Crippen molar-refractivity contribution in [3.05, 3.63) is 23.7 Å². The number of hydrogen-bond acceptors (Lipinski definition) is 3. The van der Waals surface area contributed by atoms with Crippen LogP contribution in [0.25, 0.3) is 0 Å². The van der Waals surface area contributed by atoms with E-state index in [9.17, 15) is 4.79 Å². The van der Waals surface area contributed by atoms with Gasteiger partial charge in [-0.05, 0) is 25.8 Å². The standard InChI is InChI=1S/C11H15NO3/c1-8-5-9(7-15-8)11(14)12-4-2-3-10(12)6-13/h5,7,10,13H,2-4,6H2,1H3/t10-/m0/s1. The van der Waals surface area contributed by atoms with E-state index >= 15 is 0 Å². The van der Waals surface area contributed by atoms with Gasteiger partial charge in [0, 0.05) is 6.54 Å². The lowest BCUT2D eigenvalue weighted by atomic mass is 10.2. The highest BCUT2D eigenvalue weighted by Gasteiger charge is 2.29. The molecule has 1 fully saturated rings. The molecule has 0 spiro atoms. The van der Waals surface area contributed by atoms with Gasteiger partial charge in [0.15, 0.2) is 0 Å². The first-order valence-electron chi connectivity index (χ1n) is 5.19. The Kier molecular flexibility index (Phi) is 2.77. The Balaban J connectivity index is 2.13. The summed E-state index contributed by atoms with van der Waals surface area (Å²) in [7, 11) is 0. The summed E-state index contributed by atoms with van der Waals surface area (Å²) < 4.78 is 5.10. The molecule has 0 bridgehead atoms. The molecule has 4 nitrogen and oxygen atoms in total. The molecule has 0 aromatic carbocycles. The first-order chi connectivity index (χ1) is 7.22. The minimum absolute atomic E-state index is 0.0206. The minimum Gasteiger partial charge on any atom is -0.469 e. The second kappa shape index (κ2) is 4.06. The smallest absolute Gasteiger partial charge is 0.257 e. The Labute approximate surface area is 88.5 Å².